The molecule has 1 aromatic rings. The van der Waals surface area contributed by atoms with E-state index < -0.39 is 12.1 Å². The van der Waals surface area contributed by atoms with Crippen LogP contribution in [0, 0.1) is 5.82 Å². The third-order valence-corrected chi connectivity index (χ3v) is 3.06. The molecule has 19 heavy (non-hydrogen) atoms. The number of carbonyl (C=O) groups is 2. The van der Waals surface area contributed by atoms with Crippen molar-refractivity contribution in [1.82, 2.24) is 16.0 Å². The summed E-state index contributed by atoms with van der Waals surface area (Å²) in [5.41, 5.74) is 0.440. The van der Waals surface area contributed by atoms with Gasteiger partial charge in [0.05, 0.1) is 12.6 Å². The van der Waals surface area contributed by atoms with Gasteiger partial charge in [0, 0.05) is 12.1 Å². The highest BCUT2D eigenvalue weighted by Crippen LogP contribution is 2.16. The summed E-state index contributed by atoms with van der Waals surface area (Å²) in [6.07, 6.45) is 0. The van der Waals surface area contributed by atoms with Gasteiger partial charge in [-0.15, -0.1) is 0 Å². The maximum absolute atomic E-state index is 13.6. The normalized spacial score (nSPS) is 20.5. The first kappa shape index (κ1) is 13.5. The highest BCUT2D eigenvalue weighted by Gasteiger charge is 2.25. The van der Waals surface area contributed by atoms with Crippen molar-refractivity contribution < 1.29 is 14.0 Å². The van der Waals surface area contributed by atoms with E-state index in [-0.39, 0.29) is 30.7 Å². The van der Waals surface area contributed by atoms with Gasteiger partial charge in [-0.3, -0.25) is 14.9 Å². The highest BCUT2D eigenvalue weighted by atomic mass is 19.1. The predicted molar refractivity (Wildman–Crippen MR) is 67.8 cm³/mol. The van der Waals surface area contributed by atoms with Gasteiger partial charge in [-0.2, -0.15) is 0 Å². The molecule has 2 amide bonds. The Morgan fingerprint density at radius 2 is 2.21 bits per heavy atom. The Hall–Kier alpha value is -1.95. The molecule has 2 rings (SSSR count). The summed E-state index contributed by atoms with van der Waals surface area (Å²) in [6, 6.07) is 5.42. The summed E-state index contributed by atoms with van der Waals surface area (Å²) in [5.74, 6) is -0.734. The van der Waals surface area contributed by atoms with Gasteiger partial charge in [-0.1, -0.05) is 18.2 Å². The van der Waals surface area contributed by atoms with Gasteiger partial charge in [-0.05, 0) is 13.0 Å². The van der Waals surface area contributed by atoms with Crippen LogP contribution >= 0.6 is 0 Å². The Kier molecular flexibility index (Phi) is 4.11. The molecule has 5 nitrogen and oxygen atoms in total. The van der Waals surface area contributed by atoms with E-state index in [1.807, 2.05) is 0 Å². The molecule has 0 radical (unpaired) electrons. The fraction of sp³-hybridized carbons (Fsp3) is 0.385. The van der Waals surface area contributed by atoms with E-state index in [1.165, 1.54) is 6.07 Å². The molecule has 6 heteroatoms. The number of piperazine rings is 1. The van der Waals surface area contributed by atoms with Crippen LogP contribution in [0.3, 0.4) is 0 Å². The number of amides is 2. The fourth-order valence-electron chi connectivity index (χ4n) is 1.97. The summed E-state index contributed by atoms with van der Waals surface area (Å²) in [6.45, 7) is 2.08. The zero-order chi connectivity index (χ0) is 13.8. The first-order valence-corrected chi connectivity index (χ1v) is 6.13. The number of benzene rings is 1. The Balaban J connectivity index is 1.95. The summed E-state index contributed by atoms with van der Waals surface area (Å²) in [7, 11) is 0. The molecule has 0 saturated carbocycles. The average molecular weight is 265 g/mol. The molecule has 1 heterocycles. The van der Waals surface area contributed by atoms with E-state index in [9.17, 15) is 14.0 Å². The lowest BCUT2D eigenvalue weighted by molar-refractivity contribution is -0.127. The first-order chi connectivity index (χ1) is 9.08. The second kappa shape index (κ2) is 5.79. The number of halogens is 1. The lowest BCUT2D eigenvalue weighted by Gasteiger charge is -2.25. The number of carbonyl (C=O) groups excluding carboxylic acids is 2. The molecule has 1 aromatic carbocycles. The molecule has 2 atom stereocenters. The van der Waals surface area contributed by atoms with Crippen molar-refractivity contribution in [3.05, 3.63) is 35.6 Å². The molecule has 0 aliphatic carbocycles. The van der Waals surface area contributed by atoms with Gasteiger partial charge >= 0.3 is 0 Å². The van der Waals surface area contributed by atoms with Crippen molar-refractivity contribution in [1.29, 1.82) is 0 Å². The minimum absolute atomic E-state index is 0.117. The van der Waals surface area contributed by atoms with E-state index >= 15 is 0 Å². The second-order valence-corrected chi connectivity index (χ2v) is 4.49. The van der Waals surface area contributed by atoms with Crippen LogP contribution < -0.4 is 16.0 Å². The van der Waals surface area contributed by atoms with Crippen molar-refractivity contribution in [2.75, 3.05) is 13.1 Å². The Labute approximate surface area is 110 Å². The van der Waals surface area contributed by atoms with Gasteiger partial charge in [0.1, 0.15) is 11.9 Å². The minimum Gasteiger partial charge on any atom is -0.353 e. The van der Waals surface area contributed by atoms with Gasteiger partial charge in [-0.25, -0.2) is 4.39 Å². The summed E-state index contributed by atoms with van der Waals surface area (Å²) in [5, 5.41) is 8.15. The quantitative estimate of drug-likeness (QED) is 0.725. The van der Waals surface area contributed by atoms with Crippen LogP contribution in [0.1, 0.15) is 18.5 Å². The standard InChI is InChI=1S/C13H16FN3O2/c1-8(9-4-2-3-5-10(9)14)17-13(19)11-6-16-12(18)7-15-11/h2-5,8,11,15H,6-7H2,1H3,(H,16,18)(H,17,19)/t8-,11?/m1/s1. The molecular weight excluding hydrogens is 249 g/mol. The van der Waals surface area contributed by atoms with Crippen LogP contribution in [-0.4, -0.2) is 30.9 Å². The molecule has 1 fully saturated rings. The Bertz CT molecular complexity index is 483. The maximum atomic E-state index is 13.6. The third kappa shape index (κ3) is 3.29. The highest BCUT2D eigenvalue weighted by molar-refractivity contribution is 5.86. The number of nitrogens with one attached hydrogen (secondary N) is 3. The summed E-state index contributed by atoms with van der Waals surface area (Å²) >= 11 is 0. The van der Waals surface area contributed by atoms with E-state index in [1.54, 1.807) is 25.1 Å². The van der Waals surface area contributed by atoms with Gasteiger partial charge in [0.15, 0.2) is 0 Å². The van der Waals surface area contributed by atoms with Crippen LogP contribution in [0.5, 0.6) is 0 Å². The lowest BCUT2D eigenvalue weighted by Crippen LogP contribution is -2.58. The van der Waals surface area contributed by atoms with Crippen LogP contribution in [0.15, 0.2) is 24.3 Å². The first-order valence-electron chi connectivity index (χ1n) is 6.13. The van der Waals surface area contributed by atoms with Crippen LogP contribution in [0.25, 0.3) is 0 Å². The molecule has 1 saturated heterocycles. The zero-order valence-corrected chi connectivity index (χ0v) is 10.6. The van der Waals surface area contributed by atoms with Crippen molar-refractivity contribution in [2.45, 2.75) is 19.0 Å². The minimum atomic E-state index is -0.480. The molecule has 0 spiro atoms. The Morgan fingerprint density at radius 3 is 2.84 bits per heavy atom. The third-order valence-electron chi connectivity index (χ3n) is 3.06. The fourth-order valence-corrected chi connectivity index (χ4v) is 1.97. The van der Waals surface area contributed by atoms with Crippen LogP contribution in [0.2, 0.25) is 0 Å². The van der Waals surface area contributed by atoms with Crippen molar-refractivity contribution in [3.8, 4) is 0 Å². The van der Waals surface area contributed by atoms with E-state index in [0.29, 0.717) is 5.56 Å². The molecule has 3 N–H and O–H groups in total. The zero-order valence-electron chi connectivity index (χ0n) is 10.6. The number of hydrogen-bond acceptors (Lipinski definition) is 3. The van der Waals surface area contributed by atoms with Crippen LogP contribution in [0.4, 0.5) is 4.39 Å². The summed E-state index contributed by atoms with van der Waals surface area (Å²) < 4.78 is 13.6. The van der Waals surface area contributed by atoms with E-state index in [0.717, 1.165) is 0 Å². The molecule has 1 aliphatic heterocycles. The smallest absolute Gasteiger partial charge is 0.239 e. The van der Waals surface area contributed by atoms with E-state index in [2.05, 4.69) is 16.0 Å². The monoisotopic (exact) mass is 265 g/mol. The molecule has 0 bridgehead atoms. The molecular formula is C13H16FN3O2. The number of hydrogen-bond donors (Lipinski definition) is 3. The molecule has 0 aromatic heterocycles. The molecule has 102 valence electrons. The maximum Gasteiger partial charge on any atom is 0.239 e. The lowest BCUT2D eigenvalue weighted by atomic mass is 10.1. The summed E-state index contributed by atoms with van der Waals surface area (Å²) in [4.78, 5) is 22.9. The largest absolute Gasteiger partial charge is 0.353 e. The molecule has 1 aliphatic rings. The van der Waals surface area contributed by atoms with Crippen LogP contribution in [-0.2, 0) is 9.59 Å². The molecule has 1 unspecified atom stereocenters. The Morgan fingerprint density at radius 1 is 1.47 bits per heavy atom. The van der Waals surface area contributed by atoms with Gasteiger partial charge in [0.25, 0.3) is 0 Å². The van der Waals surface area contributed by atoms with Crippen molar-refractivity contribution in [2.24, 2.45) is 0 Å². The van der Waals surface area contributed by atoms with Gasteiger partial charge in [0.2, 0.25) is 11.8 Å². The topological polar surface area (TPSA) is 70.2 Å². The number of rotatable bonds is 3. The van der Waals surface area contributed by atoms with Crippen molar-refractivity contribution in [3.63, 3.8) is 0 Å². The average Bonchev–Trinajstić information content (AvgIpc) is 2.39. The van der Waals surface area contributed by atoms with Crippen molar-refractivity contribution >= 4 is 11.8 Å². The van der Waals surface area contributed by atoms with Gasteiger partial charge < -0.3 is 10.6 Å². The second-order valence-electron chi connectivity index (χ2n) is 4.49. The predicted octanol–water partition coefficient (Wildman–Crippen LogP) is 0.0909. The van der Waals surface area contributed by atoms with E-state index in [4.69, 9.17) is 0 Å². The SMILES string of the molecule is C[C@@H](NC(=O)C1CNC(=O)CN1)c1ccccc1F.